The van der Waals surface area contributed by atoms with Crippen LogP contribution in [0.5, 0.6) is 0 Å². The molecule has 1 aliphatic heterocycles. The fourth-order valence-corrected chi connectivity index (χ4v) is 3.81. The van der Waals surface area contributed by atoms with Crippen LogP contribution in [0.15, 0.2) is 12.1 Å². The van der Waals surface area contributed by atoms with Crippen molar-refractivity contribution < 1.29 is 4.79 Å². The number of carbonyl (C=O) groups is 1. The molecule has 1 aromatic heterocycles. The van der Waals surface area contributed by atoms with E-state index < -0.39 is 0 Å². The molecule has 1 fully saturated rings. The average molecular weight is 316 g/mol. The van der Waals surface area contributed by atoms with E-state index in [0.717, 1.165) is 36.1 Å². The highest BCUT2D eigenvalue weighted by Gasteiger charge is 2.27. The van der Waals surface area contributed by atoms with Crippen molar-refractivity contribution in [3.05, 3.63) is 21.9 Å². The molecule has 1 aromatic rings. The van der Waals surface area contributed by atoms with Gasteiger partial charge in [0.15, 0.2) is 0 Å². The van der Waals surface area contributed by atoms with E-state index in [0.29, 0.717) is 5.92 Å². The van der Waals surface area contributed by atoms with Crippen LogP contribution in [-0.4, -0.2) is 29.2 Å². The van der Waals surface area contributed by atoms with E-state index in [1.165, 1.54) is 11.3 Å². The van der Waals surface area contributed by atoms with E-state index >= 15 is 0 Å². The maximum absolute atomic E-state index is 12.3. The number of carbonyl (C=O) groups excluding carboxylic acids is 1. The van der Waals surface area contributed by atoms with Gasteiger partial charge in [0.05, 0.1) is 4.88 Å². The number of likely N-dealkylation sites (tertiary alicyclic amines) is 1. The van der Waals surface area contributed by atoms with Crippen LogP contribution >= 0.6 is 27.3 Å². The molecule has 0 aliphatic carbocycles. The lowest BCUT2D eigenvalue weighted by Crippen LogP contribution is -2.28. The molecule has 1 saturated heterocycles. The van der Waals surface area contributed by atoms with Gasteiger partial charge >= 0.3 is 0 Å². The summed E-state index contributed by atoms with van der Waals surface area (Å²) in [6, 6.07) is 4.05. The molecule has 94 valence electrons. The van der Waals surface area contributed by atoms with Crippen molar-refractivity contribution in [1.82, 2.24) is 4.90 Å². The van der Waals surface area contributed by atoms with E-state index in [4.69, 9.17) is 0 Å². The third-order valence-electron chi connectivity index (χ3n) is 3.31. The largest absolute Gasteiger partial charge is 0.338 e. The lowest BCUT2D eigenvalue weighted by molar-refractivity contribution is 0.0792. The van der Waals surface area contributed by atoms with Crippen molar-refractivity contribution >= 4 is 33.2 Å². The SMILES string of the molecule is CCc1ccc(C(=O)N2CCC(CCBr)C2)s1. The summed E-state index contributed by atoms with van der Waals surface area (Å²) in [5.41, 5.74) is 0. The molecule has 2 rings (SSSR count). The van der Waals surface area contributed by atoms with Gasteiger partial charge in [-0.15, -0.1) is 11.3 Å². The molecule has 1 atom stereocenters. The van der Waals surface area contributed by atoms with Crippen LogP contribution in [0.4, 0.5) is 0 Å². The Labute approximate surface area is 115 Å². The van der Waals surface area contributed by atoms with Crippen molar-refractivity contribution in [3.63, 3.8) is 0 Å². The molecule has 0 N–H and O–H groups in total. The molecular formula is C13H18BrNOS. The highest BCUT2D eigenvalue weighted by Crippen LogP contribution is 2.25. The summed E-state index contributed by atoms with van der Waals surface area (Å²) < 4.78 is 0. The van der Waals surface area contributed by atoms with Gasteiger partial charge in [-0.3, -0.25) is 4.79 Å². The number of nitrogens with zero attached hydrogens (tertiary/aromatic N) is 1. The van der Waals surface area contributed by atoms with Crippen molar-refractivity contribution in [2.45, 2.75) is 26.2 Å². The number of amides is 1. The summed E-state index contributed by atoms with van der Waals surface area (Å²) in [7, 11) is 0. The summed E-state index contributed by atoms with van der Waals surface area (Å²) >= 11 is 5.11. The van der Waals surface area contributed by atoms with Gasteiger partial charge < -0.3 is 4.90 Å². The minimum absolute atomic E-state index is 0.228. The number of rotatable bonds is 4. The average Bonchev–Trinajstić information content (AvgIpc) is 2.97. The Kier molecular flexibility index (Phi) is 4.62. The molecule has 1 aliphatic rings. The zero-order valence-electron chi connectivity index (χ0n) is 10.1. The molecule has 0 saturated carbocycles. The number of thiophene rings is 1. The first kappa shape index (κ1) is 13.1. The highest BCUT2D eigenvalue weighted by atomic mass is 79.9. The summed E-state index contributed by atoms with van der Waals surface area (Å²) in [5, 5.41) is 1.04. The Bertz CT molecular complexity index is 391. The number of hydrogen-bond donors (Lipinski definition) is 0. The lowest BCUT2D eigenvalue weighted by atomic mass is 10.1. The second-order valence-electron chi connectivity index (χ2n) is 4.50. The van der Waals surface area contributed by atoms with Gasteiger partial charge in [0.1, 0.15) is 0 Å². The van der Waals surface area contributed by atoms with Gasteiger partial charge in [0.25, 0.3) is 5.91 Å². The number of halogens is 1. The normalized spacial score (nSPS) is 19.9. The van der Waals surface area contributed by atoms with Gasteiger partial charge in [-0.25, -0.2) is 0 Å². The Balaban J connectivity index is 1.96. The van der Waals surface area contributed by atoms with Gasteiger partial charge in [0.2, 0.25) is 0 Å². The van der Waals surface area contributed by atoms with E-state index in [-0.39, 0.29) is 5.91 Å². The fraction of sp³-hybridized carbons (Fsp3) is 0.615. The van der Waals surface area contributed by atoms with Gasteiger partial charge in [0, 0.05) is 23.3 Å². The highest BCUT2D eigenvalue weighted by molar-refractivity contribution is 9.09. The first-order valence-corrected chi connectivity index (χ1v) is 8.12. The molecule has 0 spiro atoms. The van der Waals surface area contributed by atoms with E-state index in [1.54, 1.807) is 11.3 Å². The molecule has 2 heterocycles. The molecular weight excluding hydrogens is 298 g/mol. The Morgan fingerprint density at radius 1 is 1.59 bits per heavy atom. The third-order valence-corrected chi connectivity index (χ3v) is 4.99. The molecule has 0 radical (unpaired) electrons. The molecule has 0 bridgehead atoms. The summed E-state index contributed by atoms with van der Waals surface area (Å²) in [4.78, 5) is 16.5. The predicted molar refractivity (Wildman–Crippen MR) is 76.1 cm³/mol. The number of hydrogen-bond acceptors (Lipinski definition) is 2. The second-order valence-corrected chi connectivity index (χ2v) is 6.46. The van der Waals surface area contributed by atoms with Crippen molar-refractivity contribution in [1.29, 1.82) is 0 Å². The standard InChI is InChI=1S/C13H18BrNOS/c1-2-11-3-4-12(17-11)13(16)15-8-6-10(9-15)5-7-14/h3-4,10H,2,5-9H2,1H3. The van der Waals surface area contributed by atoms with Gasteiger partial charge in [-0.05, 0) is 37.3 Å². The summed E-state index contributed by atoms with van der Waals surface area (Å²) in [5.74, 6) is 0.913. The smallest absolute Gasteiger partial charge is 0.263 e. The van der Waals surface area contributed by atoms with Crippen molar-refractivity contribution in [2.24, 2.45) is 5.92 Å². The molecule has 4 heteroatoms. The Morgan fingerprint density at radius 2 is 2.41 bits per heavy atom. The van der Waals surface area contributed by atoms with Crippen LogP contribution < -0.4 is 0 Å². The molecule has 0 aromatic carbocycles. The van der Waals surface area contributed by atoms with Crippen molar-refractivity contribution in [3.8, 4) is 0 Å². The number of aryl methyl sites for hydroxylation is 1. The zero-order valence-corrected chi connectivity index (χ0v) is 12.5. The van der Waals surface area contributed by atoms with E-state index in [9.17, 15) is 4.79 Å². The first-order chi connectivity index (χ1) is 8.24. The van der Waals surface area contributed by atoms with Crippen LogP contribution in [-0.2, 0) is 6.42 Å². The number of alkyl halides is 1. The minimum atomic E-state index is 0.228. The molecule has 2 nitrogen and oxygen atoms in total. The monoisotopic (exact) mass is 315 g/mol. The summed E-state index contributed by atoms with van der Waals surface area (Å²) in [6.07, 6.45) is 3.35. The predicted octanol–water partition coefficient (Wildman–Crippen LogP) is 3.56. The first-order valence-electron chi connectivity index (χ1n) is 6.18. The van der Waals surface area contributed by atoms with Crippen LogP contribution in [0.25, 0.3) is 0 Å². The lowest BCUT2D eigenvalue weighted by Gasteiger charge is -2.15. The third kappa shape index (κ3) is 3.10. The zero-order chi connectivity index (χ0) is 12.3. The van der Waals surface area contributed by atoms with Crippen molar-refractivity contribution in [2.75, 3.05) is 18.4 Å². The Hall–Kier alpha value is -0.350. The molecule has 17 heavy (non-hydrogen) atoms. The maximum atomic E-state index is 12.3. The van der Waals surface area contributed by atoms with Gasteiger partial charge in [-0.1, -0.05) is 22.9 Å². The topological polar surface area (TPSA) is 20.3 Å². The van der Waals surface area contributed by atoms with Gasteiger partial charge in [-0.2, -0.15) is 0 Å². The van der Waals surface area contributed by atoms with Crippen LogP contribution in [0.2, 0.25) is 0 Å². The molecule has 1 amide bonds. The van der Waals surface area contributed by atoms with Crippen LogP contribution in [0.3, 0.4) is 0 Å². The second kappa shape index (κ2) is 6.01. The van der Waals surface area contributed by atoms with Crippen LogP contribution in [0.1, 0.15) is 34.3 Å². The summed E-state index contributed by atoms with van der Waals surface area (Å²) in [6.45, 7) is 3.99. The maximum Gasteiger partial charge on any atom is 0.263 e. The minimum Gasteiger partial charge on any atom is -0.338 e. The van der Waals surface area contributed by atoms with Crippen LogP contribution in [0, 0.1) is 5.92 Å². The Morgan fingerprint density at radius 3 is 3.06 bits per heavy atom. The fourth-order valence-electron chi connectivity index (χ4n) is 2.25. The quantitative estimate of drug-likeness (QED) is 0.778. The van der Waals surface area contributed by atoms with E-state index in [2.05, 4.69) is 28.9 Å². The van der Waals surface area contributed by atoms with E-state index in [1.807, 2.05) is 11.0 Å². The molecule has 1 unspecified atom stereocenters.